The van der Waals surface area contributed by atoms with Gasteiger partial charge < -0.3 is 5.11 Å². The van der Waals surface area contributed by atoms with Crippen LogP contribution in [0.15, 0.2) is 23.7 Å². The number of anilines is 1. The van der Waals surface area contributed by atoms with Crippen molar-refractivity contribution in [1.29, 1.82) is 0 Å². The SMILES string of the molecule is CCc1ccc(O)c(C(=O)Nc2nncs2)c1. The van der Waals surface area contributed by atoms with Gasteiger partial charge in [0, 0.05) is 0 Å². The van der Waals surface area contributed by atoms with Crippen LogP contribution in [0.3, 0.4) is 0 Å². The van der Waals surface area contributed by atoms with Crippen LogP contribution in [0.25, 0.3) is 0 Å². The Balaban J connectivity index is 2.24. The Kier molecular flexibility index (Phi) is 3.34. The number of amides is 1. The van der Waals surface area contributed by atoms with Crippen LogP contribution in [-0.2, 0) is 6.42 Å². The number of nitrogens with zero attached hydrogens (tertiary/aromatic N) is 2. The average molecular weight is 249 g/mol. The number of hydrogen-bond acceptors (Lipinski definition) is 5. The molecule has 0 spiro atoms. The molecule has 0 aliphatic rings. The van der Waals surface area contributed by atoms with Gasteiger partial charge in [-0.3, -0.25) is 10.1 Å². The van der Waals surface area contributed by atoms with E-state index in [0.29, 0.717) is 5.13 Å². The smallest absolute Gasteiger partial charge is 0.261 e. The van der Waals surface area contributed by atoms with Crippen molar-refractivity contribution in [3.63, 3.8) is 0 Å². The van der Waals surface area contributed by atoms with Crippen molar-refractivity contribution < 1.29 is 9.90 Å². The van der Waals surface area contributed by atoms with Crippen molar-refractivity contribution >= 4 is 22.4 Å². The van der Waals surface area contributed by atoms with Crippen LogP contribution < -0.4 is 5.32 Å². The standard InChI is InChI=1S/C11H11N3O2S/c1-2-7-3-4-9(15)8(5-7)10(16)13-11-14-12-6-17-11/h3-6,15H,2H2,1H3,(H,13,14,16). The Bertz CT molecular complexity index is 526. The van der Waals surface area contributed by atoms with Crippen molar-refractivity contribution in [3.05, 3.63) is 34.8 Å². The highest BCUT2D eigenvalue weighted by Crippen LogP contribution is 2.20. The second-order valence-electron chi connectivity index (χ2n) is 3.40. The molecule has 1 amide bonds. The number of aromatic hydroxyl groups is 1. The fourth-order valence-corrected chi connectivity index (χ4v) is 1.82. The first-order chi connectivity index (χ1) is 8.20. The summed E-state index contributed by atoms with van der Waals surface area (Å²) in [5, 5.41) is 20.0. The minimum absolute atomic E-state index is 0.0378. The van der Waals surface area contributed by atoms with Gasteiger partial charge in [0.25, 0.3) is 5.91 Å². The predicted molar refractivity (Wildman–Crippen MR) is 65.3 cm³/mol. The fraction of sp³-hybridized carbons (Fsp3) is 0.182. The normalized spacial score (nSPS) is 10.2. The maximum Gasteiger partial charge on any atom is 0.261 e. The molecule has 6 heteroatoms. The summed E-state index contributed by atoms with van der Waals surface area (Å²) in [5.41, 5.74) is 2.77. The van der Waals surface area contributed by atoms with E-state index in [2.05, 4.69) is 15.5 Å². The number of carbonyl (C=O) groups is 1. The first-order valence-corrected chi connectivity index (χ1v) is 5.98. The Morgan fingerprint density at radius 1 is 1.53 bits per heavy atom. The van der Waals surface area contributed by atoms with Crippen LogP contribution in [0.1, 0.15) is 22.8 Å². The third-order valence-electron chi connectivity index (χ3n) is 2.29. The molecule has 0 bridgehead atoms. The number of carbonyl (C=O) groups excluding carboxylic acids is 1. The molecule has 0 saturated heterocycles. The minimum Gasteiger partial charge on any atom is -0.507 e. The van der Waals surface area contributed by atoms with Crippen LogP contribution in [-0.4, -0.2) is 21.2 Å². The number of rotatable bonds is 3. The molecule has 0 radical (unpaired) electrons. The minimum atomic E-state index is -0.380. The molecule has 2 rings (SSSR count). The summed E-state index contributed by atoms with van der Waals surface area (Å²) < 4.78 is 0. The summed E-state index contributed by atoms with van der Waals surface area (Å²) in [6.07, 6.45) is 0.805. The number of hydrogen-bond donors (Lipinski definition) is 2. The molecule has 0 saturated carbocycles. The summed E-state index contributed by atoms with van der Waals surface area (Å²) in [5.74, 6) is -0.418. The summed E-state index contributed by atoms with van der Waals surface area (Å²) in [4.78, 5) is 11.9. The molecule has 1 aromatic heterocycles. The molecular weight excluding hydrogens is 238 g/mol. The predicted octanol–water partition coefficient (Wildman–Crippen LogP) is 2.06. The quantitative estimate of drug-likeness (QED) is 0.873. The van der Waals surface area contributed by atoms with E-state index in [0.717, 1.165) is 12.0 Å². The number of benzene rings is 1. The fourth-order valence-electron chi connectivity index (χ4n) is 1.38. The second kappa shape index (κ2) is 4.92. The first kappa shape index (κ1) is 11.5. The lowest BCUT2D eigenvalue weighted by atomic mass is 10.1. The lowest BCUT2D eigenvalue weighted by Gasteiger charge is -2.05. The van der Waals surface area contributed by atoms with Gasteiger partial charge in [-0.2, -0.15) is 0 Å². The lowest BCUT2D eigenvalue weighted by molar-refractivity contribution is 0.102. The molecule has 0 aliphatic heterocycles. The largest absolute Gasteiger partial charge is 0.507 e. The van der Waals surface area contributed by atoms with E-state index in [1.54, 1.807) is 12.1 Å². The second-order valence-corrected chi connectivity index (χ2v) is 4.24. The van der Waals surface area contributed by atoms with E-state index in [9.17, 15) is 9.90 Å². The molecule has 2 N–H and O–H groups in total. The van der Waals surface area contributed by atoms with E-state index < -0.39 is 0 Å². The highest BCUT2D eigenvalue weighted by Gasteiger charge is 2.13. The summed E-state index contributed by atoms with van der Waals surface area (Å²) >= 11 is 1.23. The number of nitrogens with one attached hydrogen (secondary N) is 1. The van der Waals surface area contributed by atoms with Crippen molar-refractivity contribution in [3.8, 4) is 5.75 Å². The molecule has 1 heterocycles. The van der Waals surface area contributed by atoms with Gasteiger partial charge in [0.1, 0.15) is 11.3 Å². The van der Waals surface area contributed by atoms with Gasteiger partial charge in [-0.05, 0) is 24.1 Å². The molecule has 1 aromatic carbocycles. The van der Waals surface area contributed by atoms with E-state index in [-0.39, 0.29) is 17.2 Å². The maximum absolute atomic E-state index is 11.9. The number of phenols is 1. The van der Waals surface area contributed by atoms with Gasteiger partial charge in [-0.25, -0.2) is 0 Å². The van der Waals surface area contributed by atoms with E-state index in [4.69, 9.17) is 0 Å². The first-order valence-electron chi connectivity index (χ1n) is 5.10. The van der Waals surface area contributed by atoms with E-state index >= 15 is 0 Å². The zero-order valence-corrected chi connectivity index (χ0v) is 9.99. The van der Waals surface area contributed by atoms with Crippen LogP contribution in [0.4, 0.5) is 5.13 Å². The van der Waals surface area contributed by atoms with Crippen LogP contribution in [0.2, 0.25) is 0 Å². The van der Waals surface area contributed by atoms with Crippen molar-refractivity contribution in [2.24, 2.45) is 0 Å². The third kappa shape index (κ3) is 2.59. The van der Waals surface area contributed by atoms with Crippen LogP contribution >= 0.6 is 11.3 Å². The Labute approximate surface area is 102 Å². The average Bonchev–Trinajstić information content (AvgIpc) is 2.82. The lowest BCUT2D eigenvalue weighted by Crippen LogP contribution is -2.12. The van der Waals surface area contributed by atoms with Gasteiger partial charge in [-0.15, -0.1) is 10.2 Å². The van der Waals surface area contributed by atoms with Crippen LogP contribution in [0, 0.1) is 0 Å². The summed E-state index contributed by atoms with van der Waals surface area (Å²) in [6, 6.07) is 4.98. The van der Waals surface area contributed by atoms with Crippen molar-refractivity contribution in [2.45, 2.75) is 13.3 Å². The van der Waals surface area contributed by atoms with Gasteiger partial charge in [-0.1, -0.05) is 24.3 Å². The summed E-state index contributed by atoms with van der Waals surface area (Å²) in [7, 11) is 0. The maximum atomic E-state index is 11.9. The molecule has 0 unspecified atom stereocenters. The zero-order valence-electron chi connectivity index (χ0n) is 9.17. The topological polar surface area (TPSA) is 75.1 Å². The Morgan fingerprint density at radius 3 is 3.00 bits per heavy atom. The summed E-state index contributed by atoms with van der Waals surface area (Å²) in [6.45, 7) is 1.98. The monoisotopic (exact) mass is 249 g/mol. The molecule has 2 aromatic rings. The van der Waals surface area contributed by atoms with Crippen molar-refractivity contribution in [1.82, 2.24) is 10.2 Å². The van der Waals surface area contributed by atoms with Gasteiger partial charge in [0.05, 0.1) is 5.56 Å². The van der Waals surface area contributed by atoms with Crippen LogP contribution in [0.5, 0.6) is 5.75 Å². The third-order valence-corrected chi connectivity index (χ3v) is 2.90. The molecular formula is C11H11N3O2S. The molecule has 5 nitrogen and oxygen atoms in total. The molecule has 17 heavy (non-hydrogen) atoms. The zero-order chi connectivity index (χ0) is 12.3. The number of phenolic OH excluding ortho intramolecular Hbond substituents is 1. The van der Waals surface area contributed by atoms with E-state index in [1.165, 1.54) is 22.9 Å². The van der Waals surface area contributed by atoms with Gasteiger partial charge in [0.2, 0.25) is 5.13 Å². The van der Waals surface area contributed by atoms with Gasteiger partial charge >= 0.3 is 0 Å². The molecule has 0 fully saturated rings. The Hall–Kier alpha value is -1.95. The highest BCUT2D eigenvalue weighted by molar-refractivity contribution is 7.13. The van der Waals surface area contributed by atoms with Crippen molar-refractivity contribution in [2.75, 3.05) is 5.32 Å². The molecule has 0 atom stereocenters. The van der Waals surface area contributed by atoms with E-state index in [1.807, 2.05) is 6.92 Å². The van der Waals surface area contributed by atoms with Gasteiger partial charge in [0.15, 0.2) is 0 Å². The molecule has 0 aliphatic carbocycles. The number of aryl methyl sites for hydroxylation is 1. The highest BCUT2D eigenvalue weighted by atomic mass is 32.1. The Morgan fingerprint density at radius 2 is 2.35 bits per heavy atom. The molecule has 88 valence electrons. The number of aromatic nitrogens is 2.